The van der Waals surface area contributed by atoms with Gasteiger partial charge in [-0.25, -0.2) is 4.68 Å². The number of nitrogens with one attached hydrogen (secondary N) is 1. The largest absolute Gasteiger partial charge is 0.339 e. The highest BCUT2D eigenvalue weighted by Crippen LogP contribution is 2.61. The molecule has 1 N–H and O–H groups in total. The number of rotatable bonds is 7. The molecule has 6 nitrogen and oxygen atoms in total. The van der Waals surface area contributed by atoms with Gasteiger partial charge in [-0.05, 0) is 87.7 Å². The van der Waals surface area contributed by atoms with E-state index in [0.29, 0.717) is 30.9 Å². The van der Waals surface area contributed by atoms with E-state index in [1.54, 1.807) is 15.8 Å². The van der Waals surface area contributed by atoms with Gasteiger partial charge < -0.3 is 10.2 Å². The monoisotopic (exact) mass is 434 g/mol. The second kappa shape index (κ2) is 8.38. The summed E-state index contributed by atoms with van der Waals surface area (Å²) in [5, 5.41) is 7.62. The summed E-state index contributed by atoms with van der Waals surface area (Å²) in [7, 11) is 0. The minimum atomic E-state index is -0.0951. The molecule has 0 atom stereocenters. The molecule has 1 aromatic carbocycles. The second-order valence-corrected chi connectivity index (χ2v) is 10.3. The van der Waals surface area contributed by atoms with Crippen molar-refractivity contribution in [3.05, 3.63) is 42.1 Å². The molecular weight excluding hydrogens is 400 g/mol. The average molecular weight is 435 g/mol. The van der Waals surface area contributed by atoms with Crippen molar-refractivity contribution in [2.24, 2.45) is 23.2 Å². The molecule has 1 aromatic heterocycles. The minimum absolute atomic E-state index is 0.0122. The Morgan fingerprint density at radius 1 is 1.03 bits per heavy atom. The van der Waals surface area contributed by atoms with Gasteiger partial charge in [-0.2, -0.15) is 5.10 Å². The topological polar surface area (TPSA) is 67.2 Å². The maximum absolute atomic E-state index is 13.4. The van der Waals surface area contributed by atoms with Crippen LogP contribution in [0.1, 0.15) is 69.2 Å². The number of hydrogen-bond acceptors (Lipinski definition) is 3. The first kappa shape index (κ1) is 21.2. The van der Waals surface area contributed by atoms with Gasteiger partial charge in [0, 0.05) is 19.5 Å². The molecule has 2 amide bonds. The zero-order valence-electron chi connectivity index (χ0n) is 19.2. The molecule has 170 valence electrons. The molecule has 0 aliphatic heterocycles. The van der Waals surface area contributed by atoms with Gasteiger partial charge in [0.05, 0.1) is 11.9 Å². The summed E-state index contributed by atoms with van der Waals surface area (Å²) < 4.78 is 1.69. The highest BCUT2D eigenvalue weighted by atomic mass is 16.2. The van der Waals surface area contributed by atoms with E-state index in [2.05, 4.69) is 10.4 Å². The number of hydrogen-bond donors (Lipinski definition) is 1. The smallest absolute Gasteiger partial charge is 0.259 e. The number of aromatic nitrogens is 2. The molecule has 32 heavy (non-hydrogen) atoms. The van der Waals surface area contributed by atoms with Crippen LogP contribution >= 0.6 is 0 Å². The summed E-state index contributed by atoms with van der Waals surface area (Å²) in [4.78, 5) is 28.3. The van der Waals surface area contributed by atoms with E-state index in [4.69, 9.17) is 0 Å². The Morgan fingerprint density at radius 2 is 1.62 bits per heavy atom. The fourth-order valence-electron chi connectivity index (χ4n) is 7.09. The quantitative estimate of drug-likeness (QED) is 0.674. The van der Waals surface area contributed by atoms with Crippen LogP contribution in [0.5, 0.6) is 0 Å². The number of nitrogens with zero attached hydrogens (tertiary/aromatic N) is 3. The lowest BCUT2D eigenvalue weighted by Crippen LogP contribution is -2.47. The van der Waals surface area contributed by atoms with E-state index in [-0.39, 0.29) is 17.2 Å². The van der Waals surface area contributed by atoms with Crippen molar-refractivity contribution >= 4 is 17.6 Å². The lowest BCUT2D eigenvalue weighted by atomic mass is 9.49. The lowest BCUT2D eigenvalue weighted by Gasteiger charge is -2.56. The standard InChI is InChI=1S/C26H34N4O2/c1-3-29(4-2)25(32)22-17-27-30(21-8-6-5-7-9-21)24(22)28-23(31)16-26-13-18-10-19(14-26)12-20(11-18)15-26/h5-9,17-20H,3-4,10-16H2,1-2H3,(H,28,31). The Hall–Kier alpha value is -2.63. The maximum Gasteiger partial charge on any atom is 0.259 e. The van der Waals surface area contributed by atoms with Gasteiger partial charge in [-0.15, -0.1) is 0 Å². The summed E-state index contributed by atoms with van der Waals surface area (Å²) in [6.45, 7) is 5.17. The van der Waals surface area contributed by atoms with Gasteiger partial charge in [0.1, 0.15) is 11.4 Å². The molecule has 4 bridgehead atoms. The Kier molecular flexibility index (Phi) is 5.56. The van der Waals surface area contributed by atoms with E-state index in [9.17, 15) is 9.59 Å². The van der Waals surface area contributed by atoms with Gasteiger partial charge in [0.2, 0.25) is 5.91 Å². The Bertz CT molecular complexity index is 957. The second-order valence-electron chi connectivity index (χ2n) is 10.3. The van der Waals surface area contributed by atoms with Crippen LogP contribution in [0, 0.1) is 23.2 Å². The third-order valence-electron chi connectivity index (χ3n) is 8.01. The molecule has 4 fully saturated rings. The molecule has 0 saturated heterocycles. The van der Waals surface area contributed by atoms with Crippen LogP contribution in [-0.4, -0.2) is 39.6 Å². The normalized spacial score (nSPS) is 28.0. The highest BCUT2D eigenvalue weighted by Gasteiger charge is 2.51. The van der Waals surface area contributed by atoms with Crippen LogP contribution in [0.15, 0.2) is 36.5 Å². The SMILES string of the molecule is CCN(CC)C(=O)c1cnn(-c2ccccc2)c1NC(=O)CC12CC3CC(CC(C3)C1)C2. The third kappa shape index (κ3) is 3.84. The maximum atomic E-state index is 13.4. The molecule has 0 unspecified atom stereocenters. The highest BCUT2D eigenvalue weighted by molar-refractivity contribution is 6.03. The number of para-hydroxylation sites is 1. The molecule has 6 rings (SSSR count). The first-order valence-corrected chi connectivity index (χ1v) is 12.2. The van der Waals surface area contributed by atoms with Crippen molar-refractivity contribution in [1.29, 1.82) is 0 Å². The van der Waals surface area contributed by atoms with Crippen molar-refractivity contribution < 1.29 is 9.59 Å². The zero-order chi connectivity index (χ0) is 22.3. The van der Waals surface area contributed by atoms with Gasteiger partial charge in [0.15, 0.2) is 0 Å². The van der Waals surface area contributed by atoms with Gasteiger partial charge >= 0.3 is 0 Å². The fourth-order valence-corrected chi connectivity index (χ4v) is 7.09. The van der Waals surface area contributed by atoms with E-state index < -0.39 is 0 Å². The molecule has 4 saturated carbocycles. The van der Waals surface area contributed by atoms with Crippen LogP contribution < -0.4 is 5.32 Å². The number of amides is 2. The summed E-state index contributed by atoms with van der Waals surface area (Å²) >= 11 is 0. The van der Waals surface area contributed by atoms with Crippen LogP contribution in [0.4, 0.5) is 5.82 Å². The van der Waals surface area contributed by atoms with E-state index in [0.717, 1.165) is 23.4 Å². The first-order valence-electron chi connectivity index (χ1n) is 12.2. The van der Waals surface area contributed by atoms with Crippen molar-refractivity contribution in [3.63, 3.8) is 0 Å². The van der Waals surface area contributed by atoms with Crippen LogP contribution in [0.3, 0.4) is 0 Å². The molecule has 4 aliphatic carbocycles. The predicted molar refractivity (Wildman–Crippen MR) is 125 cm³/mol. The fraction of sp³-hybridized carbons (Fsp3) is 0.577. The molecule has 0 radical (unpaired) electrons. The van der Waals surface area contributed by atoms with E-state index >= 15 is 0 Å². The Labute approximate surface area is 190 Å². The van der Waals surface area contributed by atoms with Crippen LogP contribution in [-0.2, 0) is 4.79 Å². The number of carbonyl (C=O) groups is 2. The average Bonchev–Trinajstić information content (AvgIpc) is 3.17. The van der Waals surface area contributed by atoms with Crippen molar-refractivity contribution in [1.82, 2.24) is 14.7 Å². The van der Waals surface area contributed by atoms with Crippen LogP contribution in [0.2, 0.25) is 0 Å². The van der Waals surface area contributed by atoms with E-state index in [1.165, 1.54) is 38.5 Å². The molecular formula is C26H34N4O2. The van der Waals surface area contributed by atoms with Crippen LogP contribution in [0.25, 0.3) is 5.69 Å². The predicted octanol–water partition coefficient (Wildman–Crippen LogP) is 4.90. The van der Waals surface area contributed by atoms with E-state index in [1.807, 2.05) is 44.2 Å². The molecule has 6 heteroatoms. The van der Waals surface area contributed by atoms with Crippen molar-refractivity contribution in [2.45, 2.75) is 58.8 Å². The summed E-state index contributed by atoms with van der Waals surface area (Å²) in [5.74, 6) is 2.83. The number of benzene rings is 1. The first-order chi connectivity index (χ1) is 15.5. The molecule has 4 aliphatic rings. The molecule has 2 aromatic rings. The molecule has 1 heterocycles. The van der Waals surface area contributed by atoms with Gasteiger partial charge in [0.25, 0.3) is 5.91 Å². The number of anilines is 1. The Morgan fingerprint density at radius 3 is 2.19 bits per heavy atom. The summed E-state index contributed by atoms with van der Waals surface area (Å²) in [5.41, 5.74) is 1.44. The minimum Gasteiger partial charge on any atom is -0.339 e. The van der Waals surface area contributed by atoms with Crippen molar-refractivity contribution in [2.75, 3.05) is 18.4 Å². The van der Waals surface area contributed by atoms with Crippen molar-refractivity contribution in [3.8, 4) is 5.69 Å². The van der Waals surface area contributed by atoms with Gasteiger partial charge in [-0.1, -0.05) is 18.2 Å². The Balaban J connectivity index is 1.42. The van der Waals surface area contributed by atoms with Gasteiger partial charge in [-0.3, -0.25) is 9.59 Å². The summed E-state index contributed by atoms with van der Waals surface area (Å²) in [6, 6.07) is 9.69. The molecule has 0 spiro atoms. The summed E-state index contributed by atoms with van der Waals surface area (Å²) in [6.07, 6.45) is 9.81. The zero-order valence-corrected chi connectivity index (χ0v) is 19.2. The lowest BCUT2D eigenvalue weighted by molar-refractivity contribution is -0.124. The number of carbonyl (C=O) groups excluding carboxylic acids is 2. The third-order valence-corrected chi connectivity index (χ3v) is 8.01.